The Balaban J connectivity index is 4.22. The molecule has 1 atom stereocenters. The Morgan fingerprint density at radius 1 is 1.38 bits per heavy atom. The van der Waals surface area contributed by atoms with E-state index < -0.39 is 18.0 Å². The number of nitrogens with zero attached hydrogens (tertiary/aromatic N) is 1. The van der Waals surface area contributed by atoms with Gasteiger partial charge in [-0.05, 0) is 6.92 Å². The third-order valence-electron chi connectivity index (χ3n) is 1.63. The fraction of sp³-hybridized carbons (Fsp3) is 0.714. The first-order chi connectivity index (χ1) is 5.99. The van der Waals surface area contributed by atoms with Crippen LogP contribution in [0, 0.1) is 0 Å². The molecule has 0 heterocycles. The molecule has 13 heavy (non-hydrogen) atoms. The van der Waals surface area contributed by atoms with Gasteiger partial charge in [0.15, 0.2) is 0 Å². The minimum absolute atomic E-state index is 0.0414. The lowest BCUT2D eigenvalue weighted by Crippen LogP contribution is -2.43. The number of rotatable bonds is 6. The Bertz CT molecular complexity index is 193. The molecule has 0 spiro atoms. The summed E-state index contributed by atoms with van der Waals surface area (Å²) in [6.45, 7) is 0.777. The minimum atomic E-state index is -1.11. The molecule has 0 bridgehead atoms. The molecule has 1 unspecified atom stereocenters. The number of hydrogen-bond donors (Lipinski definition) is 3. The quantitative estimate of drug-likeness (QED) is 0.489. The van der Waals surface area contributed by atoms with E-state index in [2.05, 4.69) is 0 Å². The molecular formula is C7H13NO5. The van der Waals surface area contributed by atoms with Gasteiger partial charge in [0.25, 0.3) is 0 Å². The molecule has 0 aliphatic rings. The van der Waals surface area contributed by atoms with Crippen molar-refractivity contribution >= 4 is 11.9 Å². The fourth-order valence-corrected chi connectivity index (χ4v) is 0.868. The Hall–Kier alpha value is -1.14. The van der Waals surface area contributed by atoms with Gasteiger partial charge in [0.05, 0.1) is 13.2 Å². The number of aliphatic hydroxyl groups excluding tert-OH is 1. The molecule has 0 aromatic carbocycles. The van der Waals surface area contributed by atoms with E-state index in [1.54, 1.807) is 0 Å². The van der Waals surface area contributed by atoms with Crippen LogP contribution in [0.3, 0.4) is 0 Å². The van der Waals surface area contributed by atoms with Crippen molar-refractivity contribution in [3.63, 3.8) is 0 Å². The third-order valence-corrected chi connectivity index (χ3v) is 1.63. The third kappa shape index (κ3) is 4.44. The topological polar surface area (TPSA) is 98.1 Å². The van der Waals surface area contributed by atoms with Crippen LogP contribution >= 0.6 is 0 Å². The highest BCUT2D eigenvalue weighted by Crippen LogP contribution is 1.98. The first kappa shape index (κ1) is 11.9. The second kappa shape index (κ2) is 5.50. The van der Waals surface area contributed by atoms with Gasteiger partial charge in [0.2, 0.25) is 0 Å². The smallest absolute Gasteiger partial charge is 0.320 e. The van der Waals surface area contributed by atoms with Crippen molar-refractivity contribution in [3.8, 4) is 0 Å². The Morgan fingerprint density at radius 2 is 1.92 bits per heavy atom. The van der Waals surface area contributed by atoms with Crippen LogP contribution in [-0.2, 0) is 9.59 Å². The monoisotopic (exact) mass is 191 g/mol. The molecule has 0 aliphatic carbocycles. The zero-order valence-corrected chi connectivity index (χ0v) is 7.30. The maximum absolute atomic E-state index is 10.5. The van der Waals surface area contributed by atoms with Crippen molar-refractivity contribution in [3.05, 3.63) is 0 Å². The molecule has 0 aromatic heterocycles. The summed E-state index contributed by atoms with van der Waals surface area (Å²) >= 11 is 0. The maximum Gasteiger partial charge on any atom is 0.320 e. The first-order valence-electron chi connectivity index (χ1n) is 3.78. The van der Waals surface area contributed by atoms with Gasteiger partial charge in [-0.2, -0.15) is 0 Å². The van der Waals surface area contributed by atoms with E-state index in [-0.39, 0.29) is 19.7 Å². The molecule has 0 aromatic rings. The zero-order valence-electron chi connectivity index (χ0n) is 7.30. The predicted molar refractivity (Wildman–Crippen MR) is 43.4 cm³/mol. The highest BCUT2D eigenvalue weighted by Gasteiger charge is 2.21. The van der Waals surface area contributed by atoms with E-state index in [9.17, 15) is 9.59 Å². The number of aliphatic hydroxyl groups is 1. The fourth-order valence-electron chi connectivity index (χ4n) is 0.868. The van der Waals surface area contributed by atoms with Crippen LogP contribution in [0.1, 0.15) is 6.92 Å². The second-order valence-electron chi connectivity index (χ2n) is 2.60. The molecule has 0 amide bonds. The highest BCUT2D eigenvalue weighted by molar-refractivity contribution is 5.75. The number of carboxylic acid groups (broad SMARTS) is 2. The summed E-state index contributed by atoms with van der Waals surface area (Å²) in [7, 11) is 0. The van der Waals surface area contributed by atoms with Gasteiger partial charge in [-0.3, -0.25) is 14.5 Å². The van der Waals surface area contributed by atoms with E-state index in [1.807, 2.05) is 0 Å². The van der Waals surface area contributed by atoms with Gasteiger partial charge in [0.1, 0.15) is 6.04 Å². The summed E-state index contributed by atoms with van der Waals surface area (Å²) in [6.07, 6.45) is 0. The number of hydrogen-bond acceptors (Lipinski definition) is 4. The molecule has 0 rings (SSSR count). The lowest BCUT2D eigenvalue weighted by molar-refractivity contribution is -0.145. The second-order valence-corrected chi connectivity index (χ2v) is 2.60. The summed E-state index contributed by atoms with van der Waals surface area (Å²) < 4.78 is 0. The molecule has 0 radical (unpaired) electrons. The van der Waals surface area contributed by atoms with Crippen molar-refractivity contribution in [2.24, 2.45) is 0 Å². The van der Waals surface area contributed by atoms with Crippen molar-refractivity contribution < 1.29 is 24.9 Å². The van der Waals surface area contributed by atoms with E-state index in [0.717, 1.165) is 0 Å². The zero-order chi connectivity index (χ0) is 10.4. The summed E-state index contributed by atoms with van der Waals surface area (Å²) in [5, 5.41) is 25.6. The Kier molecular flexibility index (Phi) is 5.01. The summed E-state index contributed by atoms with van der Waals surface area (Å²) in [4.78, 5) is 21.9. The van der Waals surface area contributed by atoms with E-state index in [4.69, 9.17) is 15.3 Å². The van der Waals surface area contributed by atoms with E-state index in [0.29, 0.717) is 0 Å². The SMILES string of the molecule is CC(C(=O)O)N(CCO)CC(=O)O. The molecule has 0 saturated carbocycles. The van der Waals surface area contributed by atoms with Crippen molar-refractivity contribution in [1.29, 1.82) is 0 Å². The normalized spacial score (nSPS) is 12.8. The maximum atomic E-state index is 10.5. The van der Waals surface area contributed by atoms with Gasteiger partial charge in [0, 0.05) is 6.54 Å². The van der Waals surface area contributed by atoms with E-state index in [1.165, 1.54) is 11.8 Å². The van der Waals surface area contributed by atoms with Gasteiger partial charge in [-0.15, -0.1) is 0 Å². The summed E-state index contributed by atoms with van der Waals surface area (Å²) in [5.74, 6) is -2.21. The van der Waals surface area contributed by atoms with Gasteiger partial charge in [-0.25, -0.2) is 0 Å². The molecule has 6 nitrogen and oxygen atoms in total. The molecule has 0 saturated heterocycles. The molecule has 0 aliphatic heterocycles. The van der Waals surface area contributed by atoms with E-state index >= 15 is 0 Å². The molecule has 6 heteroatoms. The molecule has 76 valence electrons. The van der Waals surface area contributed by atoms with Crippen molar-refractivity contribution in [2.45, 2.75) is 13.0 Å². The lowest BCUT2D eigenvalue weighted by atomic mass is 10.3. The number of carboxylic acids is 2. The van der Waals surface area contributed by atoms with Crippen molar-refractivity contribution in [2.75, 3.05) is 19.7 Å². The van der Waals surface area contributed by atoms with Crippen LogP contribution in [0.2, 0.25) is 0 Å². The minimum Gasteiger partial charge on any atom is -0.480 e. The van der Waals surface area contributed by atoms with Crippen LogP contribution in [0.4, 0.5) is 0 Å². The van der Waals surface area contributed by atoms with Crippen molar-refractivity contribution in [1.82, 2.24) is 4.90 Å². The Labute approximate surface area is 75.4 Å². The molecule has 0 fully saturated rings. The first-order valence-corrected chi connectivity index (χ1v) is 3.78. The summed E-state index contributed by atoms with van der Waals surface area (Å²) in [5.41, 5.74) is 0. The largest absolute Gasteiger partial charge is 0.480 e. The van der Waals surface area contributed by atoms with Gasteiger partial charge < -0.3 is 15.3 Å². The van der Waals surface area contributed by atoms with Crippen LogP contribution < -0.4 is 0 Å². The predicted octanol–water partition coefficient (Wildman–Crippen LogP) is -1.16. The Morgan fingerprint density at radius 3 is 2.23 bits per heavy atom. The standard InChI is InChI=1S/C7H13NO5/c1-5(7(12)13)8(2-3-9)4-6(10)11/h5,9H,2-4H2,1H3,(H,10,11)(H,12,13). The van der Waals surface area contributed by atoms with Crippen LogP contribution in [0.15, 0.2) is 0 Å². The van der Waals surface area contributed by atoms with Gasteiger partial charge in [-0.1, -0.05) is 0 Å². The van der Waals surface area contributed by atoms with Crippen LogP contribution in [0.5, 0.6) is 0 Å². The van der Waals surface area contributed by atoms with Crippen LogP contribution in [-0.4, -0.2) is 57.9 Å². The lowest BCUT2D eigenvalue weighted by Gasteiger charge is -2.22. The average Bonchev–Trinajstić information content (AvgIpc) is 2.01. The van der Waals surface area contributed by atoms with Gasteiger partial charge >= 0.3 is 11.9 Å². The highest BCUT2D eigenvalue weighted by atomic mass is 16.4. The number of aliphatic carboxylic acids is 2. The molecular weight excluding hydrogens is 178 g/mol. The molecule has 3 N–H and O–H groups in total. The number of carbonyl (C=O) groups is 2. The van der Waals surface area contributed by atoms with Crippen LogP contribution in [0.25, 0.3) is 0 Å². The summed E-state index contributed by atoms with van der Waals surface area (Å²) in [6, 6.07) is -0.900. The average molecular weight is 191 g/mol.